The molecule has 0 aromatic heterocycles. The van der Waals surface area contributed by atoms with Gasteiger partial charge in [-0.25, -0.2) is 16.8 Å². The fraction of sp³-hybridized carbons (Fsp3) is 0.893. The van der Waals surface area contributed by atoms with E-state index >= 15 is 0 Å². The first-order valence-corrected chi connectivity index (χ1v) is 32.0. The number of ether oxygens (including phenoxy) is 10. The van der Waals surface area contributed by atoms with Gasteiger partial charge < -0.3 is 92.2 Å². The van der Waals surface area contributed by atoms with Crippen molar-refractivity contribution in [3.8, 4) is 0 Å². The van der Waals surface area contributed by atoms with Crippen molar-refractivity contribution in [2.75, 3.05) is 26.9 Å². The van der Waals surface area contributed by atoms with Gasteiger partial charge in [0.25, 0.3) is 0 Å². The van der Waals surface area contributed by atoms with E-state index in [4.69, 9.17) is 55.7 Å². The fourth-order valence-electron chi connectivity index (χ4n) is 17.1. The minimum atomic E-state index is -5.68. The summed E-state index contributed by atoms with van der Waals surface area (Å²) in [6.07, 6.45) is -23.4. The molecule has 5 aliphatic carbocycles. The maximum Gasteiger partial charge on any atom is 1.00 e. The molecule has 0 bridgehead atoms. The van der Waals surface area contributed by atoms with Gasteiger partial charge in [0.2, 0.25) is 20.8 Å². The van der Waals surface area contributed by atoms with Gasteiger partial charge in [-0.15, -0.1) is 6.58 Å². The molecule has 1 spiro atoms. The van der Waals surface area contributed by atoms with E-state index in [-0.39, 0.29) is 94.7 Å². The summed E-state index contributed by atoms with van der Waals surface area (Å²) in [6.45, 7) is 17.4. The number of esters is 2. The monoisotopic (exact) mass is 1300 g/mol. The molecule has 4 heterocycles. The van der Waals surface area contributed by atoms with Gasteiger partial charge in [0.05, 0.1) is 49.5 Å². The molecule has 9 aliphatic rings. The molecule has 0 amide bonds. The summed E-state index contributed by atoms with van der Waals surface area (Å²) in [5.41, 5.74) is -1.31. The number of carbonyl (C=O) groups is 2. The standard InChI is InChI=1S/C56H88O27S2.2Na/c1-25(2)12-11-17-55(9)47-32(75-27(4)58)21-54(8)29-13-14-35-52(5,6)36(16-18-53(35,7)28(29)15-19-56(47,54)51(65)81-55)78-49-45(39(62)34(24-74-49)82-84(66,67)68)76-31-20-26(3)42(40(63)37(31)60)79-50-46(83-85(69,70)71)43(30(59)23-73-50)80-48-41(64)44(72-10)38(61)33(22-57)77-48;;/h13,26,28,30-50,57,59-64H,1,11-12,14-24H2,2-10H3,(H,66,67,68)(H,69,70,71);;/q;2*+1/p-2/t26-,28+,30+,31+,32-,33+,34+,35-,36-,37-,38+,39-,40+,41+,42+,43-,44-,45+,46+,47+,48-,49-,50-,53+,54-,55-,56+;;/m0../s1. The van der Waals surface area contributed by atoms with Crippen molar-refractivity contribution < 1.29 is 186 Å². The Morgan fingerprint density at radius 2 is 1.40 bits per heavy atom. The number of aliphatic hydroxyl groups is 7. The van der Waals surface area contributed by atoms with E-state index in [1.807, 2.05) is 13.8 Å². The van der Waals surface area contributed by atoms with E-state index in [1.54, 1.807) is 0 Å². The zero-order valence-electron chi connectivity index (χ0n) is 51.4. The molecule has 87 heavy (non-hydrogen) atoms. The first-order chi connectivity index (χ1) is 39.5. The summed E-state index contributed by atoms with van der Waals surface area (Å²) in [4.78, 5) is 27.5. The third-order valence-corrected chi connectivity index (χ3v) is 21.9. The van der Waals surface area contributed by atoms with Gasteiger partial charge in [-0.2, -0.15) is 0 Å². The summed E-state index contributed by atoms with van der Waals surface area (Å²) >= 11 is 0. The van der Waals surface area contributed by atoms with Crippen molar-refractivity contribution >= 4 is 32.7 Å². The van der Waals surface area contributed by atoms with Crippen LogP contribution < -0.4 is 59.1 Å². The molecular formula is C56H86Na2O27S2. The molecule has 0 unspecified atom stereocenters. The zero-order chi connectivity index (χ0) is 62.5. The third kappa shape index (κ3) is 14.0. The molecular weight excluding hydrogens is 1210 g/mol. The second kappa shape index (κ2) is 27.7. The Bertz CT molecular complexity index is 2730. The van der Waals surface area contributed by atoms with Crippen molar-refractivity contribution in [2.24, 2.45) is 45.3 Å². The molecule has 0 radical (unpaired) electrons. The number of hydrogen-bond donors (Lipinski definition) is 7. The number of methoxy groups -OCH3 is 1. The molecule has 7 N–H and O–H groups in total. The van der Waals surface area contributed by atoms with Crippen molar-refractivity contribution in [1.29, 1.82) is 0 Å². The fourth-order valence-corrected chi connectivity index (χ4v) is 18.0. The maximum atomic E-state index is 14.7. The molecule has 0 aromatic rings. The molecule has 4 saturated carbocycles. The summed E-state index contributed by atoms with van der Waals surface area (Å²) in [7, 11) is -9.98. The third-order valence-electron chi connectivity index (χ3n) is 20.9. The van der Waals surface area contributed by atoms with E-state index < -0.39 is 191 Å². The SMILES string of the molecule is C=C(C)CCC[C@]1(C)OC(=O)[C@]23CC[C@@H]4C(=CC[C@H]5C(C)(C)[C@@H](O[C@@H]6OC[C@@H](OS(=O)(=O)[O-])[C@H](O)[C@H]6O[C@@H]6C[C@H](C)[C@@H](O[C@@H]7OC[C@@H](O)[C@H](O[C@@H]8O[C@H](CO)[C@@H](O)[C@H](OC)[C@H]8O)[C@H]7OS(=O)(=O)[O-])[C@H](O)[C@H]6O)CC[C@]45C)[C@]2(C)C[C@H](OC(C)=O)[C@@H]31.[Na+].[Na+]. The predicted molar refractivity (Wildman–Crippen MR) is 286 cm³/mol. The largest absolute Gasteiger partial charge is 1.00 e. The van der Waals surface area contributed by atoms with Crippen molar-refractivity contribution in [2.45, 2.75) is 242 Å². The Morgan fingerprint density at radius 3 is 2.02 bits per heavy atom. The number of cyclic esters (lactones) is 1. The first kappa shape index (κ1) is 74.0. The second-order valence-electron chi connectivity index (χ2n) is 26.6. The summed E-state index contributed by atoms with van der Waals surface area (Å²) < 4.78 is 142. The smallest absolute Gasteiger partial charge is 0.726 e. The number of hydrogen-bond acceptors (Lipinski definition) is 27. The van der Waals surface area contributed by atoms with Crippen LogP contribution in [0.15, 0.2) is 23.8 Å². The van der Waals surface area contributed by atoms with E-state index in [9.17, 15) is 71.3 Å². The first-order valence-electron chi connectivity index (χ1n) is 29.3. The topological polar surface area (TPSA) is 401 Å². The van der Waals surface area contributed by atoms with Crippen LogP contribution in [0.3, 0.4) is 0 Å². The molecule has 27 nitrogen and oxygen atoms in total. The van der Waals surface area contributed by atoms with Gasteiger partial charge in [-0.1, -0.05) is 51.8 Å². The number of allylic oxidation sites excluding steroid dienone is 3. The molecule has 0 aromatic carbocycles. The van der Waals surface area contributed by atoms with Crippen LogP contribution in [-0.4, -0.2) is 223 Å². The zero-order valence-corrected chi connectivity index (χ0v) is 57.0. The van der Waals surface area contributed by atoms with E-state index in [1.165, 1.54) is 13.8 Å². The van der Waals surface area contributed by atoms with Crippen molar-refractivity contribution in [3.63, 3.8) is 0 Å². The molecule has 8 fully saturated rings. The normalized spacial score (nSPS) is 46.9. The average molecular weight is 1300 g/mol. The average Bonchev–Trinajstić information content (AvgIpc) is 1.53. The van der Waals surface area contributed by atoms with Gasteiger partial charge in [0, 0.05) is 19.4 Å². The Morgan fingerprint density at radius 1 is 0.759 bits per heavy atom. The van der Waals surface area contributed by atoms with Crippen LogP contribution in [0.2, 0.25) is 0 Å². The molecule has 4 saturated heterocycles. The molecule has 486 valence electrons. The minimum absolute atomic E-state index is 0. The van der Waals surface area contributed by atoms with E-state index in [2.05, 4.69) is 40.3 Å². The quantitative estimate of drug-likeness (QED) is 0.0208. The number of fused-ring (bicyclic) bond motifs is 4. The van der Waals surface area contributed by atoms with Gasteiger partial charge >= 0.3 is 71.1 Å². The summed E-state index contributed by atoms with van der Waals surface area (Å²) in [6, 6.07) is 0. The molecule has 31 heteroatoms. The van der Waals surface area contributed by atoms with Gasteiger partial charge in [-0.3, -0.25) is 18.0 Å². The van der Waals surface area contributed by atoms with E-state index in [0.717, 1.165) is 31.1 Å². The van der Waals surface area contributed by atoms with Crippen LogP contribution in [0.25, 0.3) is 0 Å². The van der Waals surface area contributed by atoms with Crippen LogP contribution in [0, 0.1) is 45.3 Å². The second-order valence-corrected chi connectivity index (χ2v) is 28.6. The Kier molecular flexibility index (Phi) is 23.6. The molecule has 27 atom stereocenters. The maximum absolute atomic E-state index is 14.7. The summed E-state index contributed by atoms with van der Waals surface area (Å²) in [5, 5.41) is 77.8. The van der Waals surface area contributed by atoms with Crippen molar-refractivity contribution in [1.82, 2.24) is 0 Å². The number of aliphatic hydroxyl groups excluding tert-OH is 7. The van der Waals surface area contributed by atoms with Crippen LogP contribution in [0.5, 0.6) is 0 Å². The number of carbonyl (C=O) groups excluding carboxylic acids is 2. The predicted octanol–water partition coefficient (Wildman–Crippen LogP) is -5.57. The van der Waals surface area contributed by atoms with Gasteiger partial charge in [0.15, 0.2) is 25.0 Å². The molecule has 4 aliphatic heterocycles. The van der Waals surface area contributed by atoms with Crippen molar-refractivity contribution in [3.05, 3.63) is 23.8 Å². The summed E-state index contributed by atoms with van der Waals surface area (Å²) in [5.74, 6) is -1.98. The van der Waals surface area contributed by atoms with Gasteiger partial charge in [-0.05, 0) is 107 Å². The Labute approximate surface area is 552 Å². The molecule has 9 rings (SSSR count). The number of rotatable bonds is 19. The van der Waals surface area contributed by atoms with Crippen LogP contribution in [-0.2, 0) is 86.1 Å². The Balaban J connectivity index is 0.00000541. The van der Waals surface area contributed by atoms with Crippen LogP contribution in [0.4, 0.5) is 0 Å². The Hall–Kier alpha value is -0.440. The van der Waals surface area contributed by atoms with Crippen LogP contribution >= 0.6 is 0 Å². The van der Waals surface area contributed by atoms with Gasteiger partial charge in [0.1, 0.15) is 78.8 Å². The van der Waals surface area contributed by atoms with E-state index in [0.29, 0.717) is 44.9 Å². The minimum Gasteiger partial charge on any atom is -0.726 e. The van der Waals surface area contributed by atoms with Crippen LogP contribution in [0.1, 0.15) is 120 Å².